The van der Waals surface area contributed by atoms with E-state index in [1.807, 2.05) is 36.4 Å². The summed E-state index contributed by atoms with van der Waals surface area (Å²) in [6.45, 7) is 0.239. The molecule has 1 aromatic carbocycles. The average molecular weight is 410 g/mol. The standard InChI is InChI=1S/C23H26N2O5/c26-20(24-12-10-17(11-13-24)16-6-2-1-3-7-16)15-30-21(27)14-25-22(28)18-8-4-5-9-19(18)23(25)29/h1-3,6-7,10,18-19H,4-5,8-9,11-15H2/t18-,19-/m0/s1. The normalized spacial score (nSPS) is 23.8. The highest BCUT2D eigenvalue weighted by Gasteiger charge is 2.48. The third kappa shape index (κ3) is 4.15. The molecule has 4 rings (SSSR count). The van der Waals surface area contributed by atoms with Gasteiger partial charge in [-0.1, -0.05) is 49.2 Å². The fourth-order valence-corrected chi connectivity index (χ4v) is 4.61. The van der Waals surface area contributed by atoms with Gasteiger partial charge in [0.15, 0.2) is 6.61 Å². The number of hydrogen-bond acceptors (Lipinski definition) is 5. The maximum absolute atomic E-state index is 12.4. The lowest BCUT2D eigenvalue weighted by Gasteiger charge is -2.26. The van der Waals surface area contributed by atoms with E-state index in [0.717, 1.165) is 29.7 Å². The number of ether oxygens (including phenoxy) is 1. The van der Waals surface area contributed by atoms with Crippen molar-refractivity contribution < 1.29 is 23.9 Å². The maximum atomic E-state index is 12.4. The summed E-state index contributed by atoms with van der Waals surface area (Å²) in [6, 6.07) is 10.0. The molecule has 2 fully saturated rings. The molecule has 30 heavy (non-hydrogen) atoms. The molecule has 0 N–H and O–H groups in total. The van der Waals surface area contributed by atoms with Crippen LogP contribution in [0.15, 0.2) is 36.4 Å². The van der Waals surface area contributed by atoms with Gasteiger partial charge in [0.1, 0.15) is 6.54 Å². The first-order valence-electron chi connectivity index (χ1n) is 10.6. The molecule has 0 unspecified atom stereocenters. The summed E-state index contributed by atoms with van der Waals surface area (Å²) >= 11 is 0. The number of hydrogen-bond donors (Lipinski definition) is 0. The van der Waals surface area contributed by atoms with Crippen LogP contribution >= 0.6 is 0 Å². The zero-order valence-electron chi connectivity index (χ0n) is 16.9. The van der Waals surface area contributed by atoms with Crippen LogP contribution in [0.5, 0.6) is 0 Å². The quantitative estimate of drug-likeness (QED) is 0.548. The zero-order valence-corrected chi connectivity index (χ0v) is 16.9. The second kappa shape index (κ2) is 8.81. The van der Waals surface area contributed by atoms with Gasteiger partial charge in [0, 0.05) is 13.1 Å². The molecule has 2 heterocycles. The number of amides is 3. The van der Waals surface area contributed by atoms with Gasteiger partial charge in [0.2, 0.25) is 11.8 Å². The highest BCUT2D eigenvalue weighted by molar-refractivity contribution is 6.07. The van der Waals surface area contributed by atoms with Crippen molar-refractivity contribution in [2.45, 2.75) is 32.1 Å². The average Bonchev–Trinajstić information content (AvgIpc) is 3.03. The molecule has 7 nitrogen and oxygen atoms in total. The van der Waals surface area contributed by atoms with E-state index in [4.69, 9.17) is 4.74 Å². The van der Waals surface area contributed by atoms with Crippen molar-refractivity contribution in [3.8, 4) is 0 Å². The van der Waals surface area contributed by atoms with Crippen LogP contribution in [-0.4, -0.2) is 59.7 Å². The first-order chi connectivity index (χ1) is 14.5. The number of imide groups is 1. The van der Waals surface area contributed by atoms with E-state index in [2.05, 4.69) is 0 Å². The van der Waals surface area contributed by atoms with E-state index in [-0.39, 0.29) is 36.2 Å². The van der Waals surface area contributed by atoms with Crippen LogP contribution in [0.25, 0.3) is 5.57 Å². The lowest BCUT2D eigenvalue weighted by Crippen LogP contribution is -2.40. The minimum atomic E-state index is -0.721. The van der Waals surface area contributed by atoms with Gasteiger partial charge in [-0.15, -0.1) is 0 Å². The Morgan fingerprint density at radius 2 is 1.67 bits per heavy atom. The molecule has 0 radical (unpaired) electrons. The van der Waals surface area contributed by atoms with Crippen LogP contribution in [-0.2, 0) is 23.9 Å². The second-order valence-electron chi connectivity index (χ2n) is 8.11. The highest BCUT2D eigenvalue weighted by atomic mass is 16.5. The van der Waals surface area contributed by atoms with Crippen LogP contribution in [0, 0.1) is 11.8 Å². The molecular formula is C23H26N2O5. The molecule has 2 atom stereocenters. The van der Waals surface area contributed by atoms with Crippen molar-refractivity contribution in [3.63, 3.8) is 0 Å². The number of carbonyl (C=O) groups excluding carboxylic acids is 4. The Bertz CT molecular complexity index is 855. The molecule has 0 bridgehead atoms. The van der Waals surface area contributed by atoms with Gasteiger partial charge in [-0.05, 0) is 30.4 Å². The molecule has 1 saturated carbocycles. The van der Waals surface area contributed by atoms with Gasteiger partial charge >= 0.3 is 5.97 Å². The lowest BCUT2D eigenvalue weighted by atomic mass is 9.81. The molecule has 3 amide bonds. The molecule has 0 aromatic heterocycles. The predicted molar refractivity (Wildman–Crippen MR) is 109 cm³/mol. The highest BCUT2D eigenvalue weighted by Crippen LogP contribution is 2.37. The summed E-state index contributed by atoms with van der Waals surface area (Å²) in [5.41, 5.74) is 2.35. The van der Waals surface area contributed by atoms with E-state index >= 15 is 0 Å². The van der Waals surface area contributed by atoms with Gasteiger partial charge in [0.05, 0.1) is 11.8 Å². The van der Waals surface area contributed by atoms with E-state index in [0.29, 0.717) is 25.9 Å². The van der Waals surface area contributed by atoms with Crippen LogP contribution in [0.1, 0.15) is 37.7 Å². The molecule has 2 aliphatic heterocycles. The van der Waals surface area contributed by atoms with Crippen molar-refractivity contribution in [2.75, 3.05) is 26.2 Å². The van der Waals surface area contributed by atoms with Crippen molar-refractivity contribution in [3.05, 3.63) is 42.0 Å². The van der Waals surface area contributed by atoms with Crippen molar-refractivity contribution >= 4 is 29.3 Å². The van der Waals surface area contributed by atoms with E-state index in [1.165, 1.54) is 5.57 Å². The minimum absolute atomic E-state index is 0.275. The smallest absolute Gasteiger partial charge is 0.326 e. The van der Waals surface area contributed by atoms with Gasteiger partial charge in [-0.2, -0.15) is 0 Å². The summed E-state index contributed by atoms with van der Waals surface area (Å²) in [4.78, 5) is 52.1. The number of carbonyl (C=O) groups is 4. The maximum Gasteiger partial charge on any atom is 0.326 e. The van der Waals surface area contributed by atoms with Crippen molar-refractivity contribution in [1.29, 1.82) is 0 Å². The third-order valence-corrected chi connectivity index (χ3v) is 6.28. The van der Waals surface area contributed by atoms with E-state index in [1.54, 1.807) is 4.90 Å². The number of rotatable bonds is 5. The van der Waals surface area contributed by atoms with Crippen molar-refractivity contribution in [1.82, 2.24) is 9.80 Å². The first kappa shape index (κ1) is 20.3. The topological polar surface area (TPSA) is 84.0 Å². The molecule has 1 aliphatic carbocycles. The Morgan fingerprint density at radius 1 is 1.00 bits per heavy atom. The third-order valence-electron chi connectivity index (χ3n) is 6.28. The zero-order chi connectivity index (χ0) is 21.1. The fourth-order valence-electron chi connectivity index (χ4n) is 4.61. The monoisotopic (exact) mass is 410 g/mol. The Hall–Kier alpha value is -2.96. The van der Waals surface area contributed by atoms with Crippen LogP contribution in [0.2, 0.25) is 0 Å². The summed E-state index contributed by atoms with van der Waals surface area (Å²) in [5, 5.41) is 0. The Labute approximate surface area is 175 Å². The number of fused-ring (bicyclic) bond motifs is 1. The lowest BCUT2D eigenvalue weighted by molar-refractivity contribution is -0.156. The van der Waals surface area contributed by atoms with Gasteiger partial charge in [0.25, 0.3) is 5.91 Å². The number of benzene rings is 1. The largest absolute Gasteiger partial charge is 0.454 e. The van der Waals surface area contributed by atoms with E-state index < -0.39 is 12.5 Å². The number of esters is 1. The Morgan fingerprint density at radius 3 is 2.27 bits per heavy atom. The van der Waals surface area contributed by atoms with Crippen LogP contribution < -0.4 is 0 Å². The Balaban J connectivity index is 1.25. The number of likely N-dealkylation sites (tertiary alicyclic amines) is 1. The molecule has 3 aliphatic rings. The van der Waals surface area contributed by atoms with E-state index in [9.17, 15) is 19.2 Å². The first-order valence-corrected chi connectivity index (χ1v) is 10.6. The summed E-state index contributed by atoms with van der Waals surface area (Å²) < 4.78 is 5.08. The van der Waals surface area contributed by atoms with Gasteiger partial charge < -0.3 is 9.64 Å². The van der Waals surface area contributed by atoms with Gasteiger partial charge in [-0.3, -0.25) is 24.1 Å². The SMILES string of the molecule is O=C(CN1C(=O)[C@H]2CCCC[C@@H]2C1=O)OCC(=O)N1CC=C(c2ccccc2)CC1. The molecule has 1 aromatic rings. The second-order valence-corrected chi connectivity index (χ2v) is 8.11. The molecule has 7 heteroatoms. The summed E-state index contributed by atoms with van der Waals surface area (Å²) in [7, 11) is 0. The van der Waals surface area contributed by atoms with Crippen molar-refractivity contribution in [2.24, 2.45) is 11.8 Å². The molecule has 0 spiro atoms. The molecule has 158 valence electrons. The summed E-state index contributed by atoms with van der Waals surface area (Å²) in [5.74, 6) is -2.13. The van der Waals surface area contributed by atoms with Gasteiger partial charge in [-0.25, -0.2) is 0 Å². The molecule has 1 saturated heterocycles. The molecular weight excluding hydrogens is 384 g/mol. The van der Waals surface area contributed by atoms with Crippen LogP contribution in [0.4, 0.5) is 0 Å². The summed E-state index contributed by atoms with van der Waals surface area (Å²) in [6.07, 6.45) is 6.02. The minimum Gasteiger partial charge on any atom is -0.454 e. The number of nitrogens with zero attached hydrogens (tertiary/aromatic N) is 2. The predicted octanol–water partition coefficient (Wildman–Crippen LogP) is 2.02. The van der Waals surface area contributed by atoms with Crippen LogP contribution in [0.3, 0.4) is 0 Å². The Kier molecular flexibility index (Phi) is 5.97. The fraction of sp³-hybridized carbons (Fsp3) is 0.478.